The summed E-state index contributed by atoms with van der Waals surface area (Å²) in [5, 5.41) is 3.39. The standard InChI is InChI=1S/C15H23N5/c1-18(10-11-19-8-5-16-6-9-19)12-14-13-20-7-3-2-4-15(20)17-14/h2-4,7,13,16H,5-6,8-12H2,1H3. The van der Waals surface area contributed by atoms with E-state index in [0.29, 0.717) is 0 Å². The topological polar surface area (TPSA) is 35.8 Å². The van der Waals surface area contributed by atoms with Gasteiger partial charge in [-0.25, -0.2) is 4.98 Å². The van der Waals surface area contributed by atoms with E-state index < -0.39 is 0 Å². The number of likely N-dealkylation sites (N-methyl/N-ethyl adjacent to an activating group) is 1. The highest BCUT2D eigenvalue weighted by atomic mass is 15.2. The van der Waals surface area contributed by atoms with Crippen LogP contribution in [0.1, 0.15) is 5.69 Å². The molecule has 0 aromatic carbocycles. The summed E-state index contributed by atoms with van der Waals surface area (Å²) in [5.41, 5.74) is 2.16. The summed E-state index contributed by atoms with van der Waals surface area (Å²) in [6, 6.07) is 6.11. The molecule has 20 heavy (non-hydrogen) atoms. The quantitative estimate of drug-likeness (QED) is 0.869. The van der Waals surface area contributed by atoms with Crippen LogP contribution in [-0.4, -0.2) is 65.5 Å². The Labute approximate surface area is 120 Å². The van der Waals surface area contributed by atoms with Crippen LogP contribution in [0.3, 0.4) is 0 Å². The molecule has 2 aromatic rings. The molecule has 0 radical (unpaired) electrons. The number of nitrogens with zero attached hydrogens (tertiary/aromatic N) is 4. The number of nitrogens with one attached hydrogen (secondary N) is 1. The minimum atomic E-state index is 0.910. The minimum absolute atomic E-state index is 0.910. The van der Waals surface area contributed by atoms with Crippen molar-refractivity contribution in [3.63, 3.8) is 0 Å². The summed E-state index contributed by atoms with van der Waals surface area (Å²) in [4.78, 5) is 9.52. The normalized spacial score (nSPS) is 17.1. The summed E-state index contributed by atoms with van der Waals surface area (Å²) in [6.45, 7) is 7.73. The Bertz CT molecular complexity index is 511. The van der Waals surface area contributed by atoms with Gasteiger partial charge in [0.25, 0.3) is 0 Å². The zero-order chi connectivity index (χ0) is 13.8. The van der Waals surface area contributed by atoms with Crippen LogP contribution in [0.2, 0.25) is 0 Å². The lowest BCUT2D eigenvalue weighted by molar-refractivity contribution is 0.201. The molecule has 1 N–H and O–H groups in total. The average molecular weight is 273 g/mol. The first-order valence-electron chi connectivity index (χ1n) is 7.35. The van der Waals surface area contributed by atoms with Crippen molar-refractivity contribution in [2.75, 3.05) is 46.3 Å². The fourth-order valence-electron chi connectivity index (χ4n) is 2.67. The lowest BCUT2D eigenvalue weighted by Crippen LogP contribution is -2.45. The van der Waals surface area contributed by atoms with Crippen molar-refractivity contribution in [1.29, 1.82) is 0 Å². The molecule has 1 fully saturated rings. The van der Waals surface area contributed by atoms with Crippen LogP contribution >= 0.6 is 0 Å². The fourth-order valence-corrected chi connectivity index (χ4v) is 2.67. The van der Waals surface area contributed by atoms with Crippen molar-refractivity contribution in [1.82, 2.24) is 24.5 Å². The first-order valence-corrected chi connectivity index (χ1v) is 7.35. The number of hydrogen-bond acceptors (Lipinski definition) is 4. The monoisotopic (exact) mass is 273 g/mol. The molecule has 3 heterocycles. The van der Waals surface area contributed by atoms with Gasteiger partial charge in [0.1, 0.15) is 5.65 Å². The van der Waals surface area contributed by atoms with E-state index in [4.69, 9.17) is 0 Å². The number of fused-ring (bicyclic) bond motifs is 1. The molecule has 0 saturated carbocycles. The van der Waals surface area contributed by atoms with Crippen LogP contribution < -0.4 is 5.32 Å². The number of piperazine rings is 1. The van der Waals surface area contributed by atoms with Crippen LogP contribution in [0.4, 0.5) is 0 Å². The molecule has 2 aromatic heterocycles. The minimum Gasteiger partial charge on any atom is -0.314 e. The number of rotatable bonds is 5. The van der Waals surface area contributed by atoms with Crippen molar-refractivity contribution in [3.8, 4) is 0 Å². The van der Waals surface area contributed by atoms with Crippen molar-refractivity contribution in [2.45, 2.75) is 6.54 Å². The molecule has 0 atom stereocenters. The Morgan fingerprint density at radius 1 is 1.30 bits per heavy atom. The number of aromatic nitrogens is 2. The lowest BCUT2D eigenvalue weighted by atomic mass is 10.3. The summed E-state index contributed by atoms with van der Waals surface area (Å²) in [6.07, 6.45) is 4.17. The zero-order valence-corrected chi connectivity index (χ0v) is 12.1. The maximum Gasteiger partial charge on any atom is 0.137 e. The van der Waals surface area contributed by atoms with Gasteiger partial charge in [0.05, 0.1) is 5.69 Å². The molecular formula is C15H23N5. The third-order valence-corrected chi connectivity index (χ3v) is 3.85. The predicted octanol–water partition coefficient (Wildman–Crippen LogP) is 0.671. The maximum absolute atomic E-state index is 4.65. The second-order valence-electron chi connectivity index (χ2n) is 5.53. The van der Waals surface area contributed by atoms with Crippen LogP contribution in [0, 0.1) is 0 Å². The number of imidazole rings is 1. The van der Waals surface area contributed by atoms with Gasteiger partial charge in [0.15, 0.2) is 0 Å². The molecule has 3 rings (SSSR count). The molecule has 0 unspecified atom stereocenters. The van der Waals surface area contributed by atoms with Gasteiger partial charge < -0.3 is 9.72 Å². The van der Waals surface area contributed by atoms with E-state index in [0.717, 1.165) is 44.1 Å². The zero-order valence-electron chi connectivity index (χ0n) is 12.1. The van der Waals surface area contributed by atoms with E-state index in [1.54, 1.807) is 0 Å². The lowest BCUT2D eigenvalue weighted by Gasteiger charge is -2.28. The molecule has 0 spiro atoms. The average Bonchev–Trinajstić information content (AvgIpc) is 2.88. The summed E-state index contributed by atoms with van der Waals surface area (Å²) >= 11 is 0. The van der Waals surface area contributed by atoms with Crippen molar-refractivity contribution < 1.29 is 0 Å². The van der Waals surface area contributed by atoms with E-state index in [2.05, 4.69) is 37.7 Å². The van der Waals surface area contributed by atoms with E-state index in [-0.39, 0.29) is 0 Å². The molecule has 108 valence electrons. The second kappa shape index (κ2) is 6.35. The molecule has 5 nitrogen and oxygen atoms in total. The molecule has 1 saturated heterocycles. The maximum atomic E-state index is 4.65. The van der Waals surface area contributed by atoms with Gasteiger partial charge in [0, 0.05) is 58.2 Å². The molecule has 0 amide bonds. The molecule has 0 aliphatic carbocycles. The summed E-state index contributed by atoms with van der Waals surface area (Å²) < 4.78 is 2.08. The van der Waals surface area contributed by atoms with Crippen LogP contribution in [-0.2, 0) is 6.54 Å². The Balaban J connectivity index is 1.51. The van der Waals surface area contributed by atoms with Gasteiger partial charge in [-0.2, -0.15) is 0 Å². The Morgan fingerprint density at radius 2 is 2.15 bits per heavy atom. The smallest absolute Gasteiger partial charge is 0.137 e. The highest BCUT2D eigenvalue weighted by Crippen LogP contribution is 2.06. The largest absolute Gasteiger partial charge is 0.314 e. The van der Waals surface area contributed by atoms with Crippen LogP contribution in [0.15, 0.2) is 30.6 Å². The first-order chi connectivity index (χ1) is 9.81. The Kier molecular flexibility index (Phi) is 4.30. The van der Waals surface area contributed by atoms with E-state index >= 15 is 0 Å². The third-order valence-electron chi connectivity index (χ3n) is 3.85. The van der Waals surface area contributed by atoms with E-state index in [1.165, 1.54) is 13.1 Å². The van der Waals surface area contributed by atoms with Crippen molar-refractivity contribution >= 4 is 5.65 Å². The highest BCUT2D eigenvalue weighted by molar-refractivity contribution is 5.39. The molecule has 5 heteroatoms. The van der Waals surface area contributed by atoms with Gasteiger partial charge in [-0.1, -0.05) is 6.07 Å². The molecule has 1 aliphatic rings. The van der Waals surface area contributed by atoms with Crippen LogP contribution in [0.5, 0.6) is 0 Å². The Hall–Kier alpha value is -1.43. The van der Waals surface area contributed by atoms with E-state index in [9.17, 15) is 0 Å². The number of pyridine rings is 1. The second-order valence-corrected chi connectivity index (χ2v) is 5.53. The highest BCUT2D eigenvalue weighted by Gasteiger charge is 2.11. The van der Waals surface area contributed by atoms with Gasteiger partial charge in [0.2, 0.25) is 0 Å². The molecule has 1 aliphatic heterocycles. The van der Waals surface area contributed by atoms with Gasteiger partial charge >= 0.3 is 0 Å². The first kappa shape index (κ1) is 13.5. The molecular weight excluding hydrogens is 250 g/mol. The van der Waals surface area contributed by atoms with Gasteiger partial charge in [-0.15, -0.1) is 0 Å². The predicted molar refractivity (Wildman–Crippen MR) is 80.8 cm³/mol. The Morgan fingerprint density at radius 3 is 2.95 bits per heavy atom. The van der Waals surface area contributed by atoms with E-state index in [1.807, 2.05) is 24.4 Å². The van der Waals surface area contributed by atoms with Gasteiger partial charge in [-0.05, 0) is 19.2 Å². The van der Waals surface area contributed by atoms with Crippen molar-refractivity contribution in [2.24, 2.45) is 0 Å². The van der Waals surface area contributed by atoms with Gasteiger partial charge in [-0.3, -0.25) is 9.80 Å². The summed E-state index contributed by atoms with van der Waals surface area (Å²) in [7, 11) is 2.17. The van der Waals surface area contributed by atoms with Crippen LogP contribution in [0.25, 0.3) is 5.65 Å². The SMILES string of the molecule is CN(CCN1CCNCC1)Cc1cn2ccccc2n1. The fraction of sp³-hybridized carbons (Fsp3) is 0.533. The van der Waals surface area contributed by atoms with Crippen molar-refractivity contribution in [3.05, 3.63) is 36.3 Å². The summed E-state index contributed by atoms with van der Waals surface area (Å²) in [5.74, 6) is 0. The number of hydrogen-bond donors (Lipinski definition) is 1. The molecule has 0 bridgehead atoms. The third kappa shape index (κ3) is 3.36.